The zero-order chi connectivity index (χ0) is 26.2. The molecule has 0 aromatic heterocycles. The van der Waals surface area contributed by atoms with Gasteiger partial charge in [0, 0.05) is 22.0 Å². The lowest BCUT2D eigenvalue weighted by Crippen LogP contribution is -2.39. The van der Waals surface area contributed by atoms with Crippen LogP contribution in [0.2, 0.25) is 10.0 Å². The zero-order valence-electron chi connectivity index (χ0n) is 20.0. The molecule has 3 aromatic rings. The molecule has 0 spiro atoms. The molecule has 6 nitrogen and oxygen atoms in total. The SMILES string of the molecule is CCC(=O)Oc1ccccc1C(=O)N[C@@H](C)C(=O)OC(C)=C(c1ccc(Cl)cc1)c1ccc(Cl)cc1. The van der Waals surface area contributed by atoms with Gasteiger partial charge in [-0.15, -0.1) is 0 Å². The van der Waals surface area contributed by atoms with Crippen molar-refractivity contribution >= 4 is 46.6 Å². The molecule has 186 valence electrons. The molecule has 0 aliphatic carbocycles. The second-order valence-corrected chi connectivity index (χ2v) is 8.76. The molecule has 0 aliphatic rings. The Labute approximate surface area is 219 Å². The summed E-state index contributed by atoms with van der Waals surface area (Å²) in [6.45, 7) is 4.84. The minimum absolute atomic E-state index is 0.117. The Kier molecular flexibility index (Phi) is 9.28. The van der Waals surface area contributed by atoms with Crippen LogP contribution in [0.5, 0.6) is 5.75 Å². The number of carbonyl (C=O) groups is 3. The Morgan fingerprint density at radius 3 is 1.92 bits per heavy atom. The lowest BCUT2D eigenvalue weighted by atomic mass is 9.97. The highest BCUT2D eigenvalue weighted by molar-refractivity contribution is 6.31. The van der Waals surface area contributed by atoms with E-state index in [0.29, 0.717) is 21.4 Å². The maximum Gasteiger partial charge on any atom is 0.333 e. The predicted molar refractivity (Wildman–Crippen MR) is 140 cm³/mol. The largest absolute Gasteiger partial charge is 0.429 e. The van der Waals surface area contributed by atoms with Crippen molar-refractivity contribution in [3.05, 3.63) is 105 Å². The lowest BCUT2D eigenvalue weighted by Gasteiger charge is -2.17. The number of ether oxygens (including phenoxy) is 2. The minimum atomic E-state index is -0.987. The second-order valence-electron chi connectivity index (χ2n) is 7.89. The smallest absolute Gasteiger partial charge is 0.333 e. The molecular weight excluding hydrogens is 501 g/mol. The summed E-state index contributed by atoms with van der Waals surface area (Å²) < 4.78 is 10.9. The van der Waals surface area contributed by atoms with Gasteiger partial charge in [-0.2, -0.15) is 0 Å². The van der Waals surface area contributed by atoms with Gasteiger partial charge in [-0.05, 0) is 61.4 Å². The Morgan fingerprint density at radius 1 is 0.861 bits per heavy atom. The Bertz CT molecular complexity index is 1240. The second kappa shape index (κ2) is 12.4. The molecule has 3 rings (SSSR count). The van der Waals surface area contributed by atoms with Crippen LogP contribution >= 0.6 is 23.2 Å². The topological polar surface area (TPSA) is 81.7 Å². The number of para-hydroxylation sites is 1. The predicted octanol–water partition coefficient (Wildman–Crippen LogP) is 6.45. The van der Waals surface area contributed by atoms with E-state index in [9.17, 15) is 14.4 Å². The summed E-state index contributed by atoms with van der Waals surface area (Å²) in [6.07, 6.45) is 0.161. The minimum Gasteiger partial charge on any atom is -0.429 e. The van der Waals surface area contributed by atoms with Crippen LogP contribution in [0.15, 0.2) is 78.6 Å². The first-order valence-corrected chi connectivity index (χ1v) is 12.0. The first kappa shape index (κ1) is 27.0. The van der Waals surface area contributed by atoms with Crippen LogP contribution in [0.4, 0.5) is 0 Å². The number of hydrogen-bond donors (Lipinski definition) is 1. The lowest BCUT2D eigenvalue weighted by molar-refractivity contribution is -0.141. The highest BCUT2D eigenvalue weighted by Crippen LogP contribution is 2.30. The molecule has 0 fully saturated rings. The standard InChI is InChI=1S/C28H25Cl2NO5/c1-4-25(32)36-24-8-6-5-7-23(24)27(33)31-17(2)28(34)35-18(3)26(19-9-13-21(29)14-10-19)20-11-15-22(30)16-12-20/h5-17H,4H2,1-3H3,(H,31,33)/t17-/m0/s1. The number of allylic oxidation sites excluding steroid dienone is 1. The van der Waals surface area contributed by atoms with Gasteiger partial charge in [-0.3, -0.25) is 9.59 Å². The van der Waals surface area contributed by atoms with Crippen molar-refractivity contribution in [1.82, 2.24) is 5.32 Å². The molecule has 1 amide bonds. The van der Waals surface area contributed by atoms with Crippen LogP contribution in [0.3, 0.4) is 0 Å². The van der Waals surface area contributed by atoms with Gasteiger partial charge in [0.05, 0.1) is 5.56 Å². The number of nitrogens with one attached hydrogen (secondary N) is 1. The molecule has 0 bridgehead atoms. The van der Waals surface area contributed by atoms with Crippen molar-refractivity contribution in [2.75, 3.05) is 0 Å². The Morgan fingerprint density at radius 2 is 1.39 bits per heavy atom. The molecule has 36 heavy (non-hydrogen) atoms. The van der Waals surface area contributed by atoms with E-state index < -0.39 is 23.9 Å². The maximum atomic E-state index is 12.9. The van der Waals surface area contributed by atoms with Gasteiger partial charge >= 0.3 is 11.9 Å². The van der Waals surface area contributed by atoms with E-state index in [1.54, 1.807) is 50.2 Å². The number of benzene rings is 3. The van der Waals surface area contributed by atoms with Crippen LogP contribution in [0.25, 0.3) is 5.57 Å². The summed E-state index contributed by atoms with van der Waals surface area (Å²) in [5.41, 5.74) is 2.38. The molecule has 1 atom stereocenters. The van der Waals surface area contributed by atoms with Crippen molar-refractivity contribution in [2.45, 2.75) is 33.2 Å². The molecule has 0 radical (unpaired) electrons. The van der Waals surface area contributed by atoms with Crippen LogP contribution in [-0.2, 0) is 14.3 Å². The van der Waals surface area contributed by atoms with Crippen LogP contribution in [-0.4, -0.2) is 23.9 Å². The van der Waals surface area contributed by atoms with Crippen molar-refractivity contribution < 1.29 is 23.9 Å². The number of rotatable bonds is 8. The van der Waals surface area contributed by atoms with Crippen molar-refractivity contribution in [3.8, 4) is 5.75 Å². The van der Waals surface area contributed by atoms with E-state index in [-0.39, 0.29) is 17.7 Å². The fourth-order valence-corrected chi connectivity index (χ4v) is 3.62. The fourth-order valence-electron chi connectivity index (χ4n) is 3.37. The maximum absolute atomic E-state index is 12.9. The average molecular weight is 526 g/mol. The first-order valence-electron chi connectivity index (χ1n) is 11.2. The van der Waals surface area contributed by atoms with Crippen LogP contribution in [0, 0.1) is 0 Å². The van der Waals surface area contributed by atoms with E-state index in [4.69, 9.17) is 32.7 Å². The van der Waals surface area contributed by atoms with E-state index in [1.165, 1.54) is 19.1 Å². The highest BCUT2D eigenvalue weighted by Gasteiger charge is 2.23. The third kappa shape index (κ3) is 6.97. The van der Waals surface area contributed by atoms with Crippen molar-refractivity contribution in [3.63, 3.8) is 0 Å². The first-order chi connectivity index (χ1) is 17.2. The van der Waals surface area contributed by atoms with Gasteiger partial charge in [-0.25, -0.2) is 4.79 Å². The number of amides is 1. The fraction of sp³-hybridized carbons (Fsp3) is 0.179. The van der Waals surface area contributed by atoms with E-state index in [2.05, 4.69) is 5.32 Å². The summed E-state index contributed by atoms with van der Waals surface area (Å²) in [5, 5.41) is 3.75. The molecule has 0 saturated carbocycles. The van der Waals surface area contributed by atoms with Gasteiger partial charge < -0.3 is 14.8 Å². The summed E-state index contributed by atoms with van der Waals surface area (Å²) >= 11 is 12.1. The van der Waals surface area contributed by atoms with Gasteiger partial charge in [0.15, 0.2) is 0 Å². The average Bonchev–Trinajstić information content (AvgIpc) is 2.86. The quantitative estimate of drug-likeness (QED) is 0.207. The van der Waals surface area contributed by atoms with E-state index >= 15 is 0 Å². The number of halogens is 2. The summed E-state index contributed by atoms with van der Waals surface area (Å²) in [5.74, 6) is -1.25. The Hall–Kier alpha value is -3.61. The highest BCUT2D eigenvalue weighted by atomic mass is 35.5. The van der Waals surface area contributed by atoms with Gasteiger partial charge in [0.25, 0.3) is 5.91 Å². The van der Waals surface area contributed by atoms with Crippen molar-refractivity contribution in [1.29, 1.82) is 0 Å². The molecular formula is C28H25Cl2NO5. The number of hydrogen-bond acceptors (Lipinski definition) is 5. The van der Waals surface area contributed by atoms with E-state index in [1.807, 2.05) is 24.3 Å². The molecule has 3 aromatic carbocycles. The molecule has 0 heterocycles. The van der Waals surface area contributed by atoms with Crippen molar-refractivity contribution in [2.24, 2.45) is 0 Å². The number of carbonyl (C=O) groups excluding carboxylic acids is 3. The summed E-state index contributed by atoms with van der Waals surface area (Å²) in [6, 6.07) is 19.6. The molecule has 0 unspecified atom stereocenters. The molecule has 8 heteroatoms. The van der Waals surface area contributed by atoms with Crippen LogP contribution in [0.1, 0.15) is 48.7 Å². The van der Waals surface area contributed by atoms with Gasteiger partial charge in [0.1, 0.15) is 17.6 Å². The number of esters is 2. The monoisotopic (exact) mass is 525 g/mol. The molecule has 0 aliphatic heterocycles. The third-order valence-corrected chi connectivity index (χ3v) is 5.72. The van der Waals surface area contributed by atoms with Crippen LogP contribution < -0.4 is 10.1 Å². The van der Waals surface area contributed by atoms with Gasteiger partial charge in [0.2, 0.25) is 0 Å². The molecule has 0 saturated heterocycles. The van der Waals surface area contributed by atoms with Gasteiger partial charge in [-0.1, -0.05) is 66.5 Å². The molecule has 1 N–H and O–H groups in total. The summed E-state index contributed by atoms with van der Waals surface area (Å²) in [7, 11) is 0. The normalized spacial score (nSPS) is 11.2. The zero-order valence-corrected chi connectivity index (χ0v) is 21.5. The Balaban J connectivity index is 1.82. The van der Waals surface area contributed by atoms with E-state index in [0.717, 1.165) is 11.1 Å². The summed E-state index contributed by atoms with van der Waals surface area (Å²) in [4.78, 5) is 37.4. The third-order valence-electron chi connectivity index (χ3n) is 5.22.